The normalized spacial score (nSPS) is 19.9. The van der Waals surface area contributed by atoms with Crippen molar-refractivity contribution in [1.82, 2.24) is 10.6 Å². The van der Waals surface area contributed by atoms with E-state index < -0.39 is 0 Å². The van der Waals surface area contributed by atoms with E-state index in [1.807, 2.05) is 0 Å². The second-order valence-corrected chi connectivity index (χ2v) is 7.48. The van der Waals surface area contributed by atoms with Crippen molar-refractivity contribution >= 4 is 11.6 Å². The zero-order valence-corrected chi connectivity index (χ0v) is 16.4. The molecule has 1 unspecified atom stereocenters. The molecule has 7 heteroatoms. The smallest absolute Gasteiger partial charge is 0.269 e. The number of nitrogens with zero attached hydrogens (tertiary/aromatic N) is 2. The molecule has 1 aromatic carbocycles. The van der Waals surface area contributed by atoms with Crippen molar-refractivity contribution in [2.45, 2.75) is 45.1 Å². The Bertz CT molecular complexity index is 694. The van der Waals surface area contributed by atoms with Gasteiger partial charge in [-0.3, -0.25) is 10.1 Å². The van der Waals surface area contributed by atoms with Crippen LogP contribution < -0.4 is 10.6 Å². The maximum atomic E-state index is 10.8. The van der Waals surface area contributed by atoms with Gasteiger partial charge in [-0.15, -0.1) is 0 Å². The number of guanidine groups is 1. The Labute approximate surface area is 166 Å². The van der Waals surface area contributed by atoms with Crippen LogP contribution in [0.4, 0.5) is 5.69 Å². The van der Waals surface area contributed by atoms with Gasteiger partial charge in [0.1, 0.15) is 0 Å². The lowest BCUT2D eigenvalue weighted by molar-refractivity contribution is -0.384. The summed E-state index contributed by atoms with van der Waals surface area (Å²) in [6.45, 7) is 3.82. The highest BCUT2D eigenvalue weighted by atomic mass is 16.6. The summed E-state index contributed by atoms with van der Waals surface area (Å²) in [5.41, 5.74) is 2.59. The first kappa shape index (κ1) is 20.3. The number of nitrogens with one attached hydrogen (secondary N) is 2. The van der Waals surface area contributed by atoms with Crippen molar-refractivity contribution in [2.24, 2.45) is 10.9 Å². The summed E-state index contributed by atoms with van der Waals surface area (Å²) < 4.78 is 5.45. The van der Waals surface area contributed by atoms with E-state index >= 15 is 0 Å². The average molecular weight is 386 g/mol. The van der Waals surface area contributed by atoms with Gasteiger partial charge in [-0.1, -0.05) is 23.8 Å². The molecule has 1 atom stereocenters. The third-order valence-corrected chi connectivity index (χ3v) is 5.27. The Kier molecular flexibility index (Phi) is 7.84. The zero-order valence-electron chi connectivity index (χ0n) is 16.4. The molecule has 0 aromatic heterocycles. The molecule has 0 radical (unpaired) electrons. The summed E-state index contributed by atoms with van der Waals surface area (Å²) in [6, 6.07) is 6.57. The molecule has 0 saturated carbocycles. The molecule has 3 rings (SSSR count). The number of allylic oxidation sites excluding steroid dienone is 1. The number of hydrogen-bond acceptors (Lipinski definition) is 4. The molecule has 1 aliphatic heterocycles. The number of nitro benzene ring substituents is 1. The van der Waals surface area contributed by atoms with Gasteiger partial charge in [0, 0.05) is 37.7 Å². The fourth-order valence-corrected chi connectivity index (χ4v) is 3.53. The fraction of sp³-hybridized carbons (Fsp3) is 0.571. The standard InChI is InChI=1S/C21H30N4O3/c26-25(27)20-8-6-18(7-9-20)14-23-21(24-15-19-11-13-28-16-19)22-12-10-17-4-2-1-3-5-17/h4,6-9,19H,1-3,5,10-16H2,(H2,22,23,24). The minimum absolute atomic E-state index is 0.103. The van der Waals surface area contributed by atoms with Gasteiger partial charge in [-0.25, -0.2) is 4.99 Å². The van der Waals surface area contributed by atoms with Crippen molar-refractivity contribution in [3.8, 4) is 0 Å². The predicted octanol–water partition coefficient (Wildman–Crippen LogP) is 3.56. The first-order chi connectivity index (χ1) is 13.7. The fourth-order valence-electron chi connectivity index (χ4n) is 3.53. The molecule has 1 aromatic rings. The van der Waals surface area contributed by atoms with Gasteiger partial charge >= 0.3 is 0 Å². The predicted molar refractivity (Wildman–Crippen MR) is 110 cm³/mol. The number of hydrogen-bond donors (Lipinski definition) is 2. The molecule has 28 heavy (non-hydrogen) atoms. The van der Waals surface area contributed by atoms with Crippen LogP contribution in [0.25, 0.3) is 0 Å². The van der Waals surface area contributed by atoms with Crippen LogP contribution in [0.2, 0.25) is 0 Å². The van der Waals surface area contributed by atoms with E-state index in [9.17, 15) is 10.1 Å². The summed E-state index contributed by atoms with van der Waals surface area (Å²) in [4.78, 5) is 15.1. The number of non-ortho nitro benzene ring substituents is 1. The van der Waals surface area contributed by atoms with E-state index in [1.165, 1.54) is 43.4 Å². The third kappa shape index (κ3) is 6.64. The Morgan fingerprint density at radius 2 is 2.11 bits per heavy atom. The SMILES string of the molecule is O=[N+]([O-])c1ccc(CN=C(NCCC2=CCCCC2)NCC2CCOC2)cc1. The van der Waals surface area contributed by atoms with Crippen molar-refractivity contribution in [2.75, 3.05) is 26.3 Å². The Hall–Kier alpha value is -2.41. The molecule has 7 nitrogen and oxygen atoms in total. The van der Waals surface area contributed by atoms with Crippen LogP contribution in [0.3, 0.4) is 0 Å². The molecular weight excluding hydrogens is 356 g/mol. The van der Waals surface area contributed by atoms with E-state index in [1.54, 1.807) is 12.1 Å². The molecule has 2 N–H and O–H groups in total. The highest BCUT2D eigenvalue weighted by Gasteiger charge is 2.16. The molecule has 152 valence electrons. The molecule has 1 aliphatic carbocycles. The summed E-state index contributed by atoms with van der Waals surface area (Å²) in [5.74, 6) is 1.31. The Morgan fingerprint density at radius 1 is 1.25 bits per heavy atom. The van der Waals surface area contributed by atoms with Crippen molar-refractivity contribution in [3.63, 3.8) is 0 Å². The van der Waals surface area contributed by atoms with Crippen LogP contribution in [0.1, 0.15) is 44.1 Å². The van der Waals surface area contributed by atoms with Gasteiger partial charge in [0.05, 0.1) is 18.1 Å². The molecule has 2 aliphatic rings. The second kappa shape index (κ2) is 10.8. The average Bonchev–Trinajstić information content (AvgIpc) is 3.24. The Balaban J connectivity index is 1.54. The summed E-state index contributed by atoms with van der Waals surface area (Å²) in [6.07, 6.45) is 9.53. The second-order valence-electron chi connectivity index (χ2n) is 7.48. The number of ether oxygens (including phenoxy) is 1. The van der Waals surface area contributed by atoms with Gasteiger partial charge in [-0.05, 0) is 44.1 Å². The van der Waals surface area contributed by atoms with Crippen LogP contribution >= 0.6 is 0 Å². The minimum Gasteiger partial charge on any atom is -0.381 e. The number of aliphatic imine (C=N–C) groups is 1. The number of rotatable bonds is 8. The summed E-state index contributed by atoms with van der Waals surface area (Å²) in [5, 5.41) is 17.7. The minimum atomic E-state index is -0.384. The number of benzene rings is 1. The van der Waals surface area contributed by atoms with E-state index in [0.717, 1.165) is 50.7 Å². The van der Waals surface area contributed by atoms with E-state index in [0.29, 0.717) is 12.5 Å². The molecule has 1 saturated heterocycles. The van der Waals surface area contributed by atoms with E-state index in [4.69, 9.17) is 4.74 Å². The van der Waals surface area contributed by atoms with Crippen LogP contribution in [-0.4, -0.2) is 37.2 Å². The van der Waals surface area contributed by atoms with Gasteiger partial charge in [0.25, 0.3) is 5.69 Å². The van der Waals surface area contributed by atoms with Crippen LogP contribution in [0.5, 0.6) is 0 Å². The van der Waals surface area contributed by atoms with E-state index in [-0.39, 0.29) is 10.6 Å². The van der Waals surface area contributed by atoms with E-state index in [2.05, 4.69) is 21.7 Å². The monoisotopic (exact) mass is 386 g/mol. The maximum absolute atomic E-state index is 10.8. The highest BCUT2D eigenvalue weighted by Crippen LogP contribution is 2.19. The van der Waals surface area contributed by atoms with Crippen LogP contribution in [0.15, 0.2) is 40.9 Å². The maximum Gasteiger partial charge on any atom is 0.269 e. The molecule has 0 amide bonds. The molecule has 1 heterocycles. The number of nitro groups is 1. The molecule has 1 fully saturated rings. The summed E-state index contributed by atoms with van der Waals surface area (Å²) >= 11 is 0. The molecule has 0 spiro atoms. The first-order valence-corrected chi connectivity index (χ1v) is 10.2. The lowest BCUT2D eigenvalue weighted by Crippen LogP contribution is -2.40. The van der Waals surface area contributed by atoms with Crippen LogP contribution in [-0.2, 0) is 11.3 Å². The third-order valence-electron chi connectivity index (χ3n) is 5.27. The van der Waals surface area contributed by atoms with Crippen LogP contribution in [0, 0.1) is 16.0 Å². The quantitative estimate of drug-likeness (QED) is 0.234. The lowest BCUT2D eigenvalue weighted by atomic mass is 9.97. The van der Waals surface area contributed by atoms with Gasteiger partial charge < -0.3 is 15.4 Å². The lowest BCUT2D eigenvalue weighted by Gasteiger charge is -2.17. The van der Waals surface area contributed by atoms with Gasteiger partial charge in [0.2, 0.25) is 0 Å². The first-order valence-electron chi connectivity index (χ1n) is 10.2. The van der Waals surface area contributed by atoms with Gasteiger partial charge in [-0.2, -0.15) is 0 Å². The topological polar surface area (TPSA) is 88.8 Å². The summed E-state index contributed by atoms with van der Waals surface area (Å²) in [7, 11) is 0. The largest absolute Gasteiger partial charge is 0.381 e. The molecule has 0 bridgehead atoms. The zero-order chi connectivity index (χ0) is 19.6. The molecular formula is C21H30N4O3. The highest BCUT2D eigenvalue weighted by molar-refractivity contribution is 5.79. The van der Waals surface area contributed by atoms with Crippen molar-refractivity contribution in [1.29, 1.82) is 0 Å². The van der Waals surface area contributed by atoms with Gasteiger partial charge in [0.15, 0.2) is 5.96 Å². The Morgan fingerprint density at radius 3 is 2.79 bits per heavy atom. The van der Waals surface area contributed by atoms with Crippen molar-refractivity contribution in [3.05, 3.63) is 51.6 Å². The van der Waals surface area contributed by atoms with Crippen molar-refractivity contribution < 1.29 is 9.66 Å².